The number of carbonyl (C=O) groups is 1. The minimum absolute atomic E-state index is 0.152. The number of ether oxygens (including phenoxy) is 1. The van der Waals surface area contributed by atoms with Crippen molar-refractivity contribution in [1.29, 1.82) is 0 Å². The van der Waals surface area contributed by atoms with E-state index in [4.69, 9.17) is 21.4 Å². The Balaban J connectivity index is 1.84. The number of benzene rings is 1. The van der Waals surface area contributed by atoms with Crippen LogP contribution in [0.3, 0.4) is 0 Å². The van der Waals surface area contributed by atoms with Crippen LogP contribution in [0.1, 0.15) is 12.7 Å². The number of anilines is 1. The molecular formula is C18H15NO3S2. The summed E-state index contributed by atoms with van der Waals surface area (Å²) < 4.78 is 11.3. The number of furan rings is 1. The third-order valence-electron chi connectivity index (χ3n) is 3.25. The van der Waals surface area contributed by atoms with Crippen LogP contribution in [-0.4, -0.2) is 16.8 Å². The average Bonchev–Trinajstić information content (AvgIpc) is 3.18. The largest absolute Gasteiger partial charge is 0.492 e. The Hall–Kier alpha value is -2.31. The number of para-hydroxylation sites is 2. The van der Waals surface area contributed by atoms with E-state index in [2.05, 4.69) is 0 Å². The van der Waals surface area contributed by atoms with E-state index < -0.39 is 0 Å². The number of carbonyl (C=O) groups excluding carboxylic acids is 1. The topological polar surface area (TPSA) is 42.7 Å². The second-order valence-electron chi connectivity index (χ2n) is 4.81. The fourth-order valence-electron chi connectivity index (χ4n) is 2.23. The van der Waals surface area contributed by atoms with Gasteiger partial charge in [-0.1, -0.05) is 42.2 Å². The smallest absolute Gasteiger partial charge is 0.270 e. The fourth-order valence-corrected chi connectivity index (χ4v) is 3.46. The molecule has 0 saturated carbocycles. The van der Waals surface area contributed by atoms with Crippen LogP contribution in [0, 0.1) is 0 Å². The Morgan fingerprint density at radius 3 is 2.88 bits per heavy atom. The maximum absolute atomic E-state index is 12.7. The van der Waals surface area contributed by atoms with Gasteiger partial charge in [0.25, 0.3) is 5.91 Å². The Labute approximate surface area is 149 Å². The molecule has 1 amide bonds. The lowest BCUT2D eigenvalue weighted by Gasteiger charge is -2.18. The Morgan fingerprint density at radius 1 is 1.29 bits per heavy atom. The van der Waals surface area contributed by atoms with Crippen molar-refractivity contribution in [3.05, 3.63) is 65.5 Å². The van der Waals surface area contributed by atoms with Crippen molar-refractivity contribution in [3.8, 4) is 5.75 Å². The molecule has 0 atom stereocenters. The van der Waals surface area contributed by atoms with E-state index in [-0.39, 0.29) is 5.91 Å². The molecule has 1 fully saturated rings. The lowest BCUT2D eigenvalue weighted by molar-refractivity contribution is -0.113. The molecule has 1 aromatic carbocycles. The molecule has 1 aliphatic heterocycles. The van der Waals surface area contributed by atoms with E-state index in [1.807, 2.05) is 43.3 Å². The summed E-state index contributed by atoms with van der Waals surface area (Å²) in [6.07, 6.45) is 6.91. The van der Waals surface area contributed by atoms with Crippen LogP contribution in [0.25, 0.3) is 6.08 Å². The van der Waals surface area contributed by atoms with Crippen LogP contribution < -0.4 is 9.64 Å². The lowest BCUT2D eigenvalue weighted by Crippen LogP contribution is -2.28. The average molecular weight is 357 g/mol. The summed E-state index contributed by atoms with van der Waals surface area (Å²) in [6, 6.07) is 11.0. The van der Waals surface area contributed by atoms with Gasteiger partial charge in [0.2, 0.25) is 0 Å². The van der Waals surface area contributed by atoms with Gasteiger partial charge in [0.15, 0.2) is 4.32 Å². The molecule has 2 aromatic rings. The first-order valence-electron chi connectivity index (χ1n) is 7.40. The molecule has 0 spiro atoms. The molecular weight excluding hydrogens is 342 g/mol. The van der Waals surface area contributed by atoms with Gasteiger partial charge in [-0.2, -0.15) is 0 Å². The summed E-state index contributed by atoms with van der Waals surface area (Å²) in [4.78, 5) is 14.8. The minimum Gasteiger partial charge on any atom is -0.492 e. The quantitative estimate of drug-likeness (QED) is 0.576. The molecule has 122 valence electrons. The number of nitrogens with zero attached hydrogens (tertiary/aromatic N) is 1. The number of thiocarbonyl (C=S) groups is 1. The van der Waals surface area contributed by atoms with Crippen LogP contribution in [0.4, 0.5) is 5.69 Å². The maximum Gasteiger partial charge on any atom is 0.270 e. The van der Waals surface area contributed by atoms with Gasteiger partial charge in [0, 0.05) is 0 Å². The number of thioether (sulfide) groups is 1. The molecule has 0 N–H and O–H groups in total. The van der Waals surface area contributed by atoms with Crippen molar-refractivity contribution >= 4 is 46.0 Å². The van der Waals surface area contributed by atoms with Gasteiger partial charge < -0.3 is 9.15 Å². The highest BCUT2D eigenvalue weighted by Gasteiger charge is 2.34. The van der Waals surface area contributed by atoms with E-state index >= 15 is 0 Å². The van der Waals surface area contributed by atoms with Gasteiger partial charge >= 0.3 is 0 Å². The van der Waals surface area contributed by atoms with Gasteiger partial charge in [-0.3, -0.25) is 9.69 Å². The van der Waals surface area contributed by atoms with Crippen LogP contribution >= 0.6 is 24.0 Å². The second-order valence-corrected chi connectivity index (χ2v) is 6.49. The van der Waals surface area contributed by atoms with Crippen molar-refractivity contribution in [2.45, 2.75) is 6.92 Å². The van der Waals surface area contributed by atoms with Crippen molar-refractivity contribution in [2.24, 2.45) is 0 Å². The number of amides is 1. The standard InChI is InChI=1S/C18H15NO3S2/c1-2-21-15-10-4-3-9-14(15)19-17(20)16(24-18(19)23)11-5-7-13-8-6-12-22-13/h3-12H,2H2,1H3/b7-5+,16-11+. The van der Waals surface area contributed by atoms with Gasteiger partial charge in [-0.05, 0) is 43.3 Å². The zero-order chi connectivity index (χ0) is 16.9. The SMILES string of the molecule is CCOc1ccccc1N1C(=O)/C(=C\C=C\c2ccco2)SC1=S. The maximum atomic E-state index is 12.7. The Kier molecular flexibility index (Phi) is 5.17. The Bertz CT molecular complexity index is 809. The first kappa shape index (κ1) is 16.5. The molecule has 2 heterocycles. The molecule has 1 saturated heterocycles. The van der Waals surface area contributed by atoms with Gasteiger partial charge in [0.1, 0.15) is 11.5 Å². The normalized spacial score (nSPS) is 16.5. The molecule has 6 heteroatoms. The minimum atomic E-state index is -0.152. The number of rotatable bonds is 5. The highest BCUT2D eigenvalue weighted by molar-refractivity contribution is 8.27. The van der Waals surface area contributed by atoms with Crippen LogP contribution in [0.15, 0.2) is 64.1 Å². The third-order valence-corrected chi connectivity index (χ3v) is 4.57. The third kappa shape index (κ3) is 3.44. The molecule has 0 radical (unpaired) electrons. The highest BCUT2D eigenvalue weighted by atomic mass is 32.2. The van der Waals surface area contributed by atoms with Crippen molar-refractivity contribution in [2.75, 3.05) is 11.5 Å². The Morgan fingerprint density at radius 2 is 2.12 bits per heavy atom. The number of hydrogen-bond donors (Lipinski definition) is 0. The lowest BCUT2D eigenvalue weighted by atomic mass is 10.2. The molecule has 24 heavy (non-hydrogen) atoms. The summed E-state index contributed by atoms with van der Waals surface area (Å²) in [5.74, 6) is 1.22. The highest BCUT2D eigenvalue weighted by Crippen LogP contribution is 2.39. The summed E-state index contributed by atoms with van der Waals surface area (Å²) in [7, 11) is 0. The first-order chi connectivity index (χ1) is 11.7. The zero-order valence-corrected chi connectivity index (χ0v) is 14.6. The van der Waals surface area contributed by atoms with Gasteiger partial charge in [-0.25, -0.2) is 0 Å². The van der Waals surface area contributed by atoms with Crippen molar-refractivity contribution < 1.29 is 13.9 Å². The summed E-state index contributed by atoms with van der Waals surface area (Å²) in [5.41, 5.74) is 0.667. The van der Waals surface area contributed by atoms with Crippen molar-refractivity contribution in [3.63, 3.8) is 0 Å². The second kappa shape index (κ2) is 7.51. The zero-order valence-electron chi connectivity index (χ0n) is 13.0. The molecule has 0 bridgehead atoms. The summed E-state index contributed by atoms with van der Waals surface area (Å²) in [6.45, 7) is 2.42. The van der Waals surface area contributed by atoms with E-state index in [0.29, 0.717) is 27.3 Å². The van der Waals surface area contributed by atoms with Crippen LogP contribution in [0.5, 0.6) is 5.75 Å². The predicted octanol–water partition coefficient (Wildman–Crippen LogP) is 4.64. The monoisotopic (exact) mass is 357 g/mol. The first-order valence-corrected chi connectivity index (χ1v) is 8.63. The van der Waals surface area contributed by atoms with E-state index in [1.54, 1.807) is 24.5 Å². The van der Waals surface area contributed by atoms with E-state index in [0.717, 1.165) is 5.76 Å². The number of hydrogen-bond acceptors (Lipinski definition) is 5. The van der Waals surface area contributed by atoms with Gasteiger partial charge in [0.05, 0.1) is 23.5 Å². The molecule has 0 unspecified atom stereocenters. The van der Waals surface area contributed by atoms with E-state index in [1.165, 1.54) is 16.7 Å². The molecule has 4 nitrogen and oxygen atoms in total. The molecule has 1 aromatic heterocycles. The summed E-state index contributed by atoms with van der Waals surface area (Å²) >= 11 is 6.65. The fraction of sp³-hybridized carbons (Fsp3) is 0.111. The van der Waals surface area contributed by atoms with Crippen LogP contribution in [0.2, 0.25) is 0 Å². The predicted molar refractivity (Wildman–Crippen MR) is 101 cm³/mol. The van der Waals surface area contributed by atoms with Gasteiger partial charge in [-0.15, -0.1) is 0 Å². The molecule has 0 aliphatic carbocycles. The number of allylic oxidation sites excluding steroid dienone is 2. The van der Waals surface area contributed by atoms with Crippen molar-refractivity contribution in [1.82, 2.24) is 0 Å². The molecule has 3 rings (SSSR count). The van der Waals surface area contributed by atoms with E-state index in [9.17, 15) is 4.79 Å². The van der Waals surface area contributed by atoms with Crippen LogP contribution in [-0.2, 0) is 4.79 Å². The molecule has 1 aliphatic rings. The summed E-state index contributed by atoms with van der Waals surface area (Å²) in [5, 5.41) is 0.